The molecule has 2 aliphatic heterocycles. The molecule has 0 atom stereocenters. The first kappa shape index (κ1) is 19.0. The number of benzene rings is 3. The molecule has 0 aliphatic carbocycles. The summed E-state index contributed by atoms with van der Waals surface area (Å²) in [6, 6.07) is 25.9. The smallest absolute Gasteiger partial charge is 0.274 e. The maximum atomic E-state index is 13.6. The number of para-hydroxylation sites is 2. The van der Waals surface area contributed by atoms with Gasteiger partial charge >= 0.3 is 0 Å². The van der Waals surface area contributed by atoms with Crippen LogP contribution in [-0.2, 0) is 4.79 Å². The highest BCUT2D eigenvalue weighted by molar-refractivity contribution is 8.20. The lowest BCUT2D eigenvalue weighted by atomic mass is 10.2. The minimum Gasteiger partial charge on any atom is -0.337 e. The third-order valence-electron chi connectivity index (χ3n) is 4.99. The van der Waals surface area contributed by atoms with Crippen molar-refractivity contribution in [2.24, 2.45) is 4.99 Å². The molecule has 0 unspecified atom stereocenters. The van der Waals surface area contributed by atoms with Gasteiger partial charge in [0.2, 0.25) is 0 Å². The number of nitrogens with zero attached hydrogens (tertiary/aromatic N) is 3. The van der Waals surface area contributed by atoms with Crippen molar-refractivity contribution in [2.75, 3.05) is 16.8 Å². The van der Waals surface area contributed by atoms with Crippen LogP contribution in [0.3, 0.4) is 0 Å². The first-order valence-electron chi connectivity index (χ1n) is 9.59. The number of carbonyl (C=O) groups excluding carboxylic acids is 1. The average Bonchev–Trinajstić information content (AvgIpc) is 3.27. The fraction of sp³-hybridized carbons (Fsp3) is 0.0833. The Bertz CT molecular complexity index is 1190. The molecular formula is C24H19N3OS2. The van der Waals surface area contributed by atoms with E-state index in [9.17, 15) is 4.79 Å². The molecule has 0 radical (unpaired) electrons. The number of aliphatic imine (C=N–C) groups is 1. The number of thioether (sulfide) groups is 2. The van der Waals surface area contributed by atoms with Gasteiger partial charge < -0.3 is 4.90 Å². The van der Waals surface area contributed by atoms with E-state index in [0.29, 0.717) is 10.1 Å². The topological polar surface area (TPSA) is 35.9 Å². The summed E-state index contributed by atoms with van der Waals surface area (Å²) in [6.07, 6.45) is 0. The largest absolute Gasteiger partial charge is 0.337 e. The van der Waals surface area contributed by atoms with Crippen molar-refractivity contribution < 1.29 is 4.79 Å². The van der Waals surface area contributed by atoms with Crippen molar-refractivity contribution in [1.82, 2.24) is 0 Å². The highest BCUT2D eigenvalue weighted by Crippen LogP contribution is 2.50. The van der Waals surface area contributed by atoms with Gasteiger partial charge in [-0.2, -0.15) is 0 Å². The van der Waals surface area contributed by atoms with Crippen LogP contribution < -0.4 is 9.80 Å². The molecule has 1 amide bonds. The number of aryl methyl sites for hydroxylation is 1. The van der Waals surface area contributed by atoms with E-state index < -0.39 is 0 Å². The SMILES string of the molecule is Cc1ccc(N=C2SC(=C3Sc4ccccc4N3C)C(=O)N2c2ccccc2)cc1. The van der Waals surface area contributed by atoms with Crippen LogP contribution in [0.2, 0.25) is 0 Å². The van der Waals surface area contributed by atoms with E-state index >= 15 is 0 Å². The van der Waals surface area contributed by atoms with Gasteiger partial charge in [-0.3, -0.25) is 9.69 Å². The van der Waals surface area contributed by atoms with Crippen LogP contribution in [0.1, 0.15) is 5.56 Å². The summed E-state index contributed by atoms with van der Waals surface area (Å²) in [5, 5.41) is 1.61. The lowest BCUT2D eigenvalue weighted by molar-refractivity contribution is -0.113. The van der Waals surface area contributed by atoms with Gasteiger partial charge in [0.1, 0.15) is 4.91 Å². The molecule has 0 bridgehead atoms. The molecule has 0 saturated carbocycles. The van der Waals surface area contributed by atoms with Crippen molar-refractivity contribution in [2.45, 2.75) is 11.8 Å². The van der Waals surface area contributed by atoms with E-state index in [0.717, 1.165) is 27.0 Å². The summed E-state index contributed by atoms with van der Waals surface area (Å²) in [5.74, 6) is -0.0424. The minimum atomic E-state index is -0.0424. The lowest BCUT2D eigenvalue weighted by Gasteiger charge is -2.16. The predicted octanol–water partition coefficient (Wildman–Crippen LogP) is 6.17. The van der Waals surface area contributed by atoms with Crippen molar-refractivity contribution in [3.63, 3.8) is 0 Å². The maximum absolute atomic E-state index is 13.6. The number of amides is 1. The highest BCUT2D eigenvalue weighted by Gasteiger charge is 2.39. The molecule has 148 valence electrons. The molecule has 0 aromatic heterocycles. The summed E-state index contributed by atoms with van der Waals surface area (Å²) in [6.45, 7) is 2.05. The van der Waals surface area contributed by atoms with Gasteiger partial charge in [0.15, 0.2) is 5.17 Å². The number of fused-ring (bicyclic) bond motifs is 1. The summed E-state index contributed by atoms with van der Waals surface area (Å²) in [7, 11) is 2.01. The molecule has 1 saturated heterocycles. The Balaban J connectivity index is 1.61. The second-order valence-electron chi connectivity index (χ2n) is 7.07. The van der Waals surface area contributed by atoms with Crippen molar-refractivity contribution in [3.05, 3.63) is 94.4 Å². The number of hydrogen-bond donors (Lipinski definition) is 0. The Morgan fingerprint density at radius 2 is 1.53 bits per heavy atom. The predicted molar refractivity (Wildman–Crippen MR) is 128 cm³/mol. The van der Waals surface area contributed by atoms with E-state index in [1.165, 1.54) is 17.3 Å². The Kier molecular flexibility index (Phi) is 4.89. The molecule has 3 aromatic rings. The molecule has 30 heavy (non-hydrogen) atoms. The van der Waals surface area contributed by atoms with Crippen LogP contribution in [0, 0.1) is 6.92 Å². The molecule has 2 aliphatic rings. The zero-order valence-corrected chi connectivity index (χ0v) is 18.2. The normalized spacial score (nSPS) is 19.7. The van der Waals surface area contributed by atoms with Crippen LogP contribution >= 0.6 is 23.5 Å². The van der Waals surface area contributed by atoms with Crippen molar-refractivity contribution >= 4 is 51.7 Å². The monoisotopic (exact) mass is 429 g/mol. The van der Waals surface area contributed by atoms with Gasteiger partial charge in [-0.15, -0.1) is 0 Å². The summed E-state index contributed by atoms with van der Waals surface area (Å²) >= 11 is 3.07. The zero-order chi connectivity index (χ0) is 20.7. The van der Waals surface area contributed by atoms with Gasteiger partial charge in [-0.05, 0) is 55.1 Å². The van der Waals surface area contributed by atoms with Gasteiger partial charge in [0.25, 0.3) is 5.91 Å². The summed E-state index contributed by atoms with van der Waals surface area (Å²) < 4.78 is 0. The average molecular weight is 430 g/mol. The first-order chi connectivity index (χ1) is 14.6. The molecule has 4 nitrogen and oxygen atoms in total. The number of hydrogen-bond acceptors (Lipinski definition) is 5. The Labute approximate surface area is 184 Å². The highest BCUT2D eigenvalue weighted by atomic mass is 32.2. The Morgan fingerprint density at radius 3 is 2.27 bits per heavy atom. The number of amidine groups is 1. The molecule has 0 N–H and O–H groups in total. The van der Waals surface area contributed by atoms with Crippen LogP contribution in [0.5, 0.6) is 0 Å². The van der Waals surface area contributed by atoms with E-state index in [4.69, 9.17) is 4.99 Å². The van der Waals surface area contributed by atoms with Crippen LogP contribution in [-0.4, -0.2) is 18.1 Å². The number of rotatable bonds is 2. The minimum absolute atomic E-state index is 0.0424. The Hall–Kier alpha value is -2.96. The third-order valence-corrected chi connectivity index (χ3v) is 7.38. The second-order valence-corrected chi connectivity index (χ2v) is 9.08. The van der Waals surface area contributed by atoms with Crippen molar-refractivity contribution in [1.29, 1.82) is 0 Å². The quantitative estimate of drug-likeness (QED) is 0.456. The van der Waals surface area contributed by atoms with Crippen LogP contribution in [0.15, 0.2) is 98.7 Å². The first-order valence-corrected chi connectivity index (χ1v) is 11.2. The van der Waals surface area contributed by atoms with Crippen LogP contribution in [0.25, 0.3) is 0 Å². The van der Waals surface area contributed by atoms with Crippen molar-refractivity contribution in [3.8, 4) is 0 Å². The summed E-state index contributed by atoms with van der Waals surface area (Å²) in [5.41, 5.74) is 3.95. The molecule has 5 rings (SSSR count). The zero-order valence-electron chi connectivity index (χ0n) is 16.6. The summed E-state index contributed by atoms with van der Waals surface area (Å²) in [4.78, 5) is 24.1. The third kappa shape index (κ3) is 3.32. The van der Waals surface area contributed by atoms with Gasteiger partial charge in [0.05, 0.1) is 22.1 Å². The molecule has 1 fully saturated rings. The fourth-order valence-electron chi connectivity index (χ4n) is 3.41. The van der Waals surface area contributed by atoms with E-state index in [1.54, 1.807) is 16.7 Å². The van der Waals surface area contributed by atoms with Gasteiger partial charge in [-0.1, -0.05) is 59.8 Å². The van der Waals surface area contributed by atoms with E-state index in [-0.39, 0.29) is 5.91 Å². The van der Waals surface area contributed by atoms with E-state index in [2.05, 4.69) is 17.0 Å². The molecule has 0 spiro atoms. The van der Waals surface area contributed by atoms with Gasteiger partial charge in [0, 0.05) is 11.9 Å². The number of anilines is 2. The molecular weight excluding hydrogens is 410 g/mol. The number of carbonyl (C=O) groups is 1. The molecule has 2 heterocycles. The van der Waals surface area contributed by atoms with E-state index in [1.807, 2.05) is 80.7 Å². The standard InChI is InChI=1S/C24H19N3OS2/c1-16-12-14-17(15-13-16)25-24-27(18-8-4-3-5-9-18)22(28)21(30-24)23-26(2)19-10-6-7-11-20(19)29-23/h3-15H,1-2H3. The molecule has 6 heteroatoms. The van der Waals surface area contributed by atoms with Crippen LogP contribution in [0.4, 0.5) is 17.1 Å². The maximum Gasteiger partial charge on any atom is 0.274 e. The molecule has 3 aromatic carbocycles. The Morgan fingerprint density at radius 1 is 0.833 bits per heavy atom. The fourth-order valence-corrected chi connectivity index (χ4v) is 5.76. The second kappa shape index (κ2) is 7.70. The lowest BCUT2D eigenvalue weighted by Crippen LogP contribution is -2.29. The van der Waals surface area contributed by atoms with Gasteiger partial charge in [-0.25, -0.2) is 4.99 Å².